The molecule has 2 aromatic carbocycles. The first-order valence-electron chi connectivity index (χ1n) is 8.38. The minimum atomic E-state index is -0.400. The van der Waals surface area contributed by atoms with Gasteiger partial charge in [-0.1, -0.05) is 86.3 Å². The second-order valence-corrected chi connectivity index (χ2v) is 7.32. The molecule has 1 unspecified atom stereocenters. The number of nitrogens with zero attached hydrogens (tertiary/aromatic N) is 3. The standard InChI is InChI=1S/C20H20N4OS/c1-13(2)18(19(21)25)26-20-22-16(14-9-5-3-6-10-14)17(23-24-20)15-11-7-4-8-12-15/h3-13,18H,1-2H3,(H2,21,25). The van der Waals surface area contributed by atoms with Crippen LogP contribution in [0.15, 0.2) is 65.8 Å². The van der Waals surface area contributed by atoms with Crippen LogP contribution in [0.25, 0.3) is 22.5 Å². The van der Waals surface area contributed by atoms with E-state index in [9.17, 15) is 4.79 Å². The van der Waals surface area contributed by atoms with Gasteiger partial charge in [-0.15, -0.1) is 10.2 Å². The number of benzene rings is 2. The van der Waals surface area contributed by atoms with Gasteiger partial charge in [-0.05, 0) is 5.92 Å². The van der Waals surface area contributed by atoms with Gasteiger partial charge in [0.25, 0.3) is 0 Å². The summed E-state index contributed by atoms with van der Waals surface area (Å²) in [4.78, 5) is 16.4. The first kappa shape index (κ1) is 18.1. The molecule has 0 aliphatic rings. The third kappa shape index (κ3) is 4.08. The fourth-order valence-corrected chi connectivity index (χ4v) is 3.43. The number of rotatable bonds is 6. The van der Waals surface area contributed by atoms with Crippen molar-refractivity contribution in [1.82, 2.24) is 15.2 Å². The molecule has 6 heteroatoms. The molecule has 0 aliphatic heterocycles. The zero-order valence-electron chi connectivity index (χ0n) is 14.7. The van der Waals surface area contributed by atoms with E-state index in [-0.39, 0.29) is 11.8 Å². The van der Waals surface area contributed by atoms with Crippen molar-refractivity contribution >= 4 is 17.7 Å². The molecule has 1 amide bonds. The van der Waals surface area contributed by atoms with Gasteiger partial charge in [0.2, 0.25) is 11.1 Å². The molecule has 0 saturated heterocycles. The molecule has 0 spiro atoms. The van der Waals surface area contributed by atoms with Crippen LogP contribution in [0.1, 0.15) is 13.8 Å². The van der Waals surface area contributed by atoms with E-state index in [2.05, 4.69) is 10.2 Å². The molecule has 1 aromatic heterocycles. The second kappa shape index (κ2) is 8.10. The Hall–Kier alpha value is -2.73. The summed E-state index contributed by atoms with van der Waals surface area (Å²) in [5, 5.41) is 8.70. The molecule has 0 fully saturated rings. The molecule has 5 nitrogen and oxygen atoms in total. The highest BCUT2D eigenvalue weighted by Gasteiger charge is 2.23. The highest BCUT2D eigenvalue weighted by molar-refractivity contribution is 8.00. The maximum absolute atomic E-state index is 11.7. The van der Waals surface area contributed by atoms with Crippen LogP contribution >= 0.6 is 11.8 Å². The first-order valence-corrected chi connectivity index (χ1v) is 9.25. The maximum atomic E-state index is 11.7. The molecular weight excluding hydrogens is 344 g/mol. The SMILES string of the molecule is CC(C)C(Sc1nnc(-c2ccccc2)c(-c2ccccc2)n1)C(N)=O. The largest absolute Gasteiger partial charge is 0.369 e. The lowest BCUT2D eigenvalue weighted by molar-refractivity contribution is -0.118. The minimum absolute atomic E-state index is 0.0788. The van der Waals surface area contributed by atoms with Crippen molar-refractivity contribution in [2.45, 2.75) is 24.3 Å². The predicted octanol–water partition coefficient (Wildman–Crippen LogP) is 3.81. The molecule has 1 atom stereocenters. The predicted molar refractivity (Wildman–Crippen MR) is 104 cm³/mol. The van der Waals surface area contributed by atoms with Crippen LogP contribution in [0.2, 0.25) is 0 Å². The second-order valence-electron chi connectivity index (χ2n) is 6.21. The number of nitrogens with two attached hydrogens (primary N) is 1. The summed E-state index contributed by atoms with van der Waals surface area (Å²) in [5.41, 5.74) is 8.86. The number of amides is 1. The number of primary amides is 1. The van der Waals surface area contributed by atoms with Crippen molar-refractivity contribution in [3.8, 4) is 22.5 Å². The van der Waals surface area contributed by atoms with Crippen LogP contribution < -0.4 is 5.73 Å². The topological polar surface area (TPSA) is 81.8 Å². The summed E-state index contributed by atoms with van der Waals surface area (Å²) in [6.45, 7) is 3.90. The van der Waals surface area contributed by atoms with Gasteiger partial charge in [-0.25, -0.2) is 4.98 Å². The number of carbonyl (C=O) groups is 1. The van der Waals surface area contributed by atoms with Gasteiger partial charge in [0.15, 0.2) is 0 Å². The Labute approximate surface area is 157 Å². The van der Waals surface area contributed by atoms with Crippen LogP contribution in [-0.4, -0.2) is 26.3 Å². The number of hydrogen-bond donors (Lipinski definition) is 1. The van der Waals surface area contributed by atoms with Gasteiger partial charge in [-0.3, -0.25) is 4.79 Å². The Kier molecular flexibility index (Phi) is 5.63. The zero-order chi connectivity index (χ0) is 18.5. The fourth-order valence-electron chi connectivity index (χ4n) is 2.59. The van der Waals surface area contributed by atoms with Crippen molar-refractivity contribution in [3.63, 3.8) is 0 Å². The smallest absolute Gasteiger partial charge is 0.231 e. The van der Waals surface area contributed by atoms with Crippen LogP contribution in [0.3, 0.4) is 0 Å². The average Bonchev–Trinajstić information content (AvgIpc) is 2.67. The lowest BCUT2D eigenvalue weighted by Crippen LogP contribution is -2.30. The fraction of sp³-hybridized carbons (Fsp3) is 0.200. The summed E-state index contributed by atoms with van der Waals surface area (Å²) < 4.78 is 0. The summed E-state index contributed by atoms with van der Waals surface area (Å²) in [7, 11) is 0. The lowest BCUT2D eigenvalue weighted by atomic mass is 10.0. The van der Waals surface area contributed by atoms with Crippen molar-refractivity contribution in [1.29, 1.82) is 0 Å². The Morgan fingerprint density at radius 3 is 1.92 bits per heavy atom. The Morgan fingerprint density at radius 2 is 1.42 bits per heavy atom. The third-order valence-electron chi connectivity index (χ3n) is 3.88. The summed E-state index contributed by atoms with van der Waals surface area (Å²) in [5.74, 6) is -0.294. The lowest BCUT2D eigenvalue weighted by Gasteiger charge is -2.16. The molecule has 3 rings (SSSR count). The zero-order valence-corrected chi connectivity index (χ0v) is 15.5. The quantitative estimate of drug-likeness (QED) is 0.673. The highest BCUT2D eigenvalue weighted by atomic mass is 32.2. The molecule has 0 aliphatic carbocycles. The Balaban J connectivity index is 2.07. The van der Waals surface area contributed by atoms with E-state index in [4.69, 9.17) is 10.7 Å². The Bertz CT molecular complexity index is 885. The molecule has 0 saturated carbocycles. The van der Waals surface area contributed by atoms with E-state index in [1.807, 2.05) is 74.5 Å². The van der Waals surface area contributed by atoms with Gasteiger partial charge >= 0.3 is 0 Å². The van der Waals surface area contributed by atoms with E-state index in [0.717, 1.165) is 16.8 Å². The van der Waals surface area contributed by atoms with Crippen LogP contribution in [0.5, 0.6) is 0 Å². The molecule has 1 heterocycles. The van der Waals surface area contributed by atoms with E-state index in [0.29, 0.717) is 10.9 Å². The van der Waals surface area contributed by atoms with Gasteiger partial charge in [-0.2, -0.15) is 0 Å². The van der Waals surface area contributed by atoms with Gasteiger partial charge in [0.1, 0.15) is 11.4 Å². The average molecular weight is 364 g/mol. The molecule has 26 heavy (non-hydrogen) atoms. The number of carbonyl (C=O) groups excluding carboxylic acids is 1. The number of thioether (sulfide) groups is 1. The van der Waals surface area contributed by atoms with E-state index >= 15 is 0 Å². The Morgan fingerprint density at radius 1 is 0.885 bits per heavy atom. The van der Waals surface area contributed by atoms with Crippen LogP contribution in [0, 0.1) is 5.92 Å². The van der Waals surface area contributed by atoms with E-state index in [1.165, 1.54) is 11.8 Å². The normalized spacial score (nSPS) is 12.1. The van der Waals surface area contributed by atoms with Gasteiger partial charge in [0.05, 0.1) is 5.25 Å². The van der Waals surface area contributed by atoms with Gasteiger partial charge < -0.3 is 5.73 Å². The van der Waals surface area contributed by atoms with Crippen molar-refractivity contribution in [2.75, 3.05) is 0 Å². The van der Waals surface area contributed by atoms with Crippen molar-refractivity contribution in [2.24, 2.45) is 11.7 Å². The molecule has 132 valence electrons. The number of hydrogen-bond acceptors (Lipinski definition) is 5. The molecule has 2 N–H and O–H groups in total. The van der Waals surface area contributed by atoms with E-state index in [1.54, 1.807) is 0 Å². The minimum Gasteiger partial charge on any atom is -0.369 e. The molecule has 3 aromatic rings. The van der Waals surface area contributed by atoms with Crippen LogP contribution in [-0.2, 0) is 4.79 Å². The highest BCUT2D eigenvalue weighted by Crippen LogP contribution is 2.31. The third-order valence-corrected chi connectivity index (χ3v) is 5.29. The van der Waals surface area contributed by atoms with E-state index < -0.39 is 5.25 Å². The molecular formula is C20H20N4OS. The first-order chi connectivity index (χ1) is 12.6. The monoisotopic (exact) mass is 364 g/mol. The molecule has 0 bridgehead atoms. The maximum Gasteiger partial charge on any atom is 0.231 e. The number of aromatic nitrogens is 3. The van der Waals surface area contributed by atoms with Crippen molar-refractivity contribution in [3.05, 3.63) is 60.7 Å². The summed E-state index contributed by atoms with van der Waals surface area (Å²) in [6.07, 6.45) is 0. The summed E-state index contributed by atoms with van der Waals surface area (Å²) in [6, 6.07) is 19.7. The van der Waals surface area contributed by atoms with Crippen molar-refractivity contribution < 1.29 is 4.79 Å². The molecule has 0 radical (unpaired) electrons. The van der Waals surface area contributed by atoms with Crippen LogP contribution in [0.4, 0.5) is 0 Å². The van der Waals surface area contributed by atoms with Gasteiger partial charge in [0, 0.05) is 11.1 Å². The summed E-state index contributed by atoms with van der Waals surface area (Å²) >= 11 is 1.26.